The molecule has 13 heteroatoms. The van der Waals surface area contributed by atoms with Crippen LogP contribution in [0.5, 0.6) is 23.0 Å². The van der Waals surface area contributed by atoms with E-state index < -0.39 is 0 Å². The molecule has 1 N–H and O–H groups in total. The van der Waals surface area contributed by atoms with E-state index in [-0.39, 0.29) is 54.7 Å². The molecule has 2 atom stereocenters. The lowest BCUT2D eigenvalue weighted by Gasteiger charge is -2.26. The molecule has 4 amide bonds. The molecule has 0 aromatic heterocycles. The summed E-state index contributed by atoms with van der Waals surface area (Å²) >= 11 is 0. The maximum Gasteiger partial charge on any atom is 0.257 e. The zero-order valence-electron chi connectivity index (χ0n) is 31.1. The zero-order chi connectivity index (χ0) is 37.8. The van der Waals surface area contributed by atoms with Gasteiger partial charge in [-0.3, -0.25) is 24.2 Å². The smallest absolute Gasteiger partial charge is 0.257 e. The molecule has 2 aromatic rings. The Morgan fingerprint density at radius 2 is 1.47 bits per heavy atom. The number of hydrogen-bond donors (Lipinski definition) is 1. The van der Waals surface area contributed by atoms with Gasteiger partial charge in [-0.05, 0) is 50.2 Å². The van der Waals surface area contributed by atoms with E-state index in [0.717, 1.165) is 24.0 Å². The highest BCUT2D eigenvalue weighted by Gasteiger charge is 2.40. The highest BCUT2D eigenvalue weighted by atomic mass is 16.5. The second kappa shape index (κ2) is 16.1. The van der Waals surface area contributed by atoms with Crippen molar-refractivity contribution < 1.29 is 38.1 Å². The normalized spacial score (nSPS) is 19.0. The van der Waals surface area contributed by atoms with Gasteiger partial charge in [-0.1, -0.05) is 38.2 Å². The molecule has 0 aliphatic carbocycles. The number of ether oxygens (including phenoxy) is 4. The largest absolute Gasteiger partial charge is 0.493 e. The van der Waals surface area contributed by atoms with Crippen molar-refractivity contribution in [2.45, 2.75) is 64.5 Å². The van der Waals surface area contributed by atoms with E-state index in [9.17, 15) is 19.2 Å². The summed E-state index contributed by atoms with van der Waals surface area (Å²) in [5, 5.41) is 2.74. The molecule has 0 spiro atoms. The number of unbranched alkanes of at least 4 members (excludes halogenated alkanes) is 2. The summed E-state index contributed by atoms with van der Waals surface area (Å²) in [6.07, 6.45) is 5.64. The first-order valence-corrected chi connectivity index (χ1v) is 18.2. The molecule has 0 unspecified atom stereocenters. The van der Waals surface area contributed by atoms with Gasteiger partial charge in [0.1, 0.15) is 0 Å². The lowest BCUT2D eigenvalue weighted by atomic mass is 10.1. The SMILES string of the molecule is C=C1C[C@H]2CN(C(=O)CNC(=O)CC(C)C)c3cc(OCCCCCOc4cc5c(cc4OC)C(=O)N4CC(=C)C[C@H]4C=N5)c(OC)cc3C(=O)N2C1. The van der Waals surface area contributed by atoms with E-state index in [0.29, 0.717) is 97.5 Å². The van der Waals surface area contributed by atoms with Crippen molar-refractivity contribution in [2.75, 3.05) is 58.5 Å². The van der Waals surface area contributed by atoms with Crippen LogP contribution in [0.1, 0.15) is 73.1 Å². The fraction of sp³-hybridized carbons (Fsp3) is 0.475. The number of carbonyl (C=O) groups excluding carboxylic acids is 4. The number of nitrogens with one attached hydrogen (secondary N) is 1. The number of benzene rings is 2. The third kappa shape index (κ3) is 8.18. The third-order valence-electron chi connectivity index (χ3n) is 9.90. The number of rotatable bonds is 14. The fourth-order valence-electron chi connectivity index (χ4n) is 7.26. The molecule has 2 saturated heterocycles. The van der Waals surface area contributed by atoms with E-state index in [1.54, 1.807) is 52.3 Å². The Morgan fingerprint density at radius 3 is 2.15 bits per heavy atom. The van der Waals surface area contributed by atoms with Crippen LogP contribution < -0.4 is 29.2 Å². The molecule has 53 heavy (non-hydrogen) atoms. The average Bonchev–Trinajstić information content (AvgIpc) is 3.64. The molecule has 0 radical (unpaired) electrons. The maximum absolute atomic E-state index is 13.8. The topological polar surface area (TPSA) is 139 Å². The van der Waals surface area contributed by atoms with Gasteiger partial charge in [-0.25, -0.2) is 0 Å². The zero-order valence-corrected chi connectivity index (χ0v) is 31.1. The molecule has 4 aliphatic rings. The van der Waals surface area contributed by atoms with Crippen molar-refractivity contribution in [1.29, 1.82) is 0 Å². The minimum atomic E-state index is -0.317. The predicted octanol–water partition coefficient (Wildman–Crippen LogP) is 5.10. The summed E-state index contributed by atoms with van der Waals surface area (Å²) in [5.41, 5.74) is 3.73. The van der Waals surface area contributed by atoms with Crippen LogP contribution in [0.3, 0.4) is 0 Å². The quantitative estimate of drug-likeness (QED) is 0.210. The van der Waals surface area contributed by atoms with Crippen LogP contribution in [-0.4, -0.2) is 105 Å². The van der Waals surface area contributed by atoms with Gasteiger partial charge in [0.05, 0.1) is 68.6 Å². The van der Waals surface area contributed by atoms with Gasteiger partial charge < -0.3 is 39.0 Å². The summed E-state index contributed by atoms with van der Waals surface area (Å²) in [6, 6.07) is 6.45. The van der Waals surface area contributed by atoms with E-state index >= 15 is 0 Å². The van der Waals surface area contributed by atoms with E-state index in [2.05, 4.69) is 23.5 Å². The number of nitrogens with zero attached hydrogens (tertiary/aromatic N) is 4. The van der Waals surface area contributed by atoms with Crippen molar-refractivity contribution in [1.82, 2.24) is 15.1 Å². The second-order valence-corrected chi connectivity index (χ2v) is 14.5. The molecular formula is C40H49N5O8. The summed E-state index contributed by atoms with van der Waals surface area (Å²) in [5.74, 6) is 1.13. The molecule has 0 bridgehead atoms. The Bertz CT molecular complexity index is 1840. The Labute approximate surface area is 310 Å². The third-order valence-corrected chi connectivity index (χ3v) is 9.90. The van der Waals surface area contributed by atoms with Crippen LogP contribution in [0.4, 0.5) is 11.4 Å². The molecule has 2 fully saturated rings. The second-order valence-electron chi connectivity index (χ2n) is 14.5. The van der Waals surface area contributed by atoms with Crippen molar-refractivity contribution in [2.24, 2.45) is 10.9 Å². The number of fused-ring (bicyclic) bond motifs is 4. The highest BCUT2D eigenvalue weighted by molar-refractivity contribution is 6.08. The van der Waals surface area contributed by atoms with Gasteiger partial charge in [0, 0.05) is 44.4 Å². The number of hydrogen-bond acceptors (Lipinski definition) is 9. The number of methoxy groups -OCH3 is 2. The van der Waals surface area contributed by atoms with Gasteiger partial charge in [0.2, 0.25) is 11.8 Å². The minimum Gasteiger partial charge on any atom is -0.493 e. The van der Waals surface area contributed by atoms with E-state index in [4.69, 9.17) is 18.9 Å². The summed E-state index contributed by atoms with van der Waals surface area (Å²) in [4.78, 5) is 62.8. The molecular weight excluding hydrogens is 678 g/mol. The monoisotopic (exact) mass is 727 g/mol. The van der Waals surface area contributed by atoms with Gasteiger partial charge in [-0.15, -0.1) is 0 Å². The highest BCUT2D eigenvalue weighted by Crippen LogP contribution is 2.41. The molecule has 4 aliphatic heterocycles. The van der Waals surface area contributed by atoms with Crippen molar-refractivity contribution >= 4 is 41.2 Å². The molecule has 2 aromatic carbocycles. The lowest BCUT2D eigenvalue weighted by molar-refractivity contribution is -0.125. The number of amides is 4. The summed E-state index contributed by atoms with van der Waals surface area (Å²) < 4.78 is 23.5. The van der Waals surface area contributed by atoms with Crippen LogP contribution in [-0.2, 0) is 9.59 Å². The van der Waals surface area contributed by atoms with Crippen LogP contribution >= 0.6 is 0 Å². The fourth-order valence-corrected chi connectivity index (χ4v) is 7.26. The predicted molar refractivity (Wildman–Crippen MR) is 201 cm³/mol. The molecule has 13 nitrogen and oxygen atoms in total. The number of aliphatic imine (C=N–C) groups is 1. The van der Waals surface area contributed by atoms with Crippen LogP contribution in [0.25, 0.3) is 0 Å². The Balaban J connectivity index is 1.08. The Morgan fingerprint density at radius 1 is 0.849 bits per heavy atom. The van der Waals surface area contributed by atoms with Crippen molar-refractivity contribution in [3.8, 4) is 23.0 Å². The minimum absolute atomic E-state index is 0.0955. The first-order valence-electron chi connectivity index (χ1n) is 18.2. The van der Waals surface area contributed by atoms with Crippen LogP contribution in [0.2, 0.25) is 0 Å². The Hall–Kier alpha value is -5.33. The van der Waals surface area contributed by atoms with Crippen LogP contribution in [0.15, 0.2) is 53.6 Å². The van der Waals surface area contributed by atoms with E-state index in [1.165, 1.54) is 7.11 Å². The Kier molecular flexibility index (Phi) is 11.4. The van der Waals surface area contributed by atoms with Gasteiger partial charge in [0.15, 0.2) is 23.0 Å². The lowest BCUT2D eigenvalue weighted by Crippen LogP contribution is -2.45. The van der Waals surface area contributed by atoms with Crippen LogP contribution in [0, 0.1) is 5.92 Å². The van der Waals surface area contributed by atoms with E-state index in [1.807, 2.05) is 13.8 Å². The van der Waals surface area contributed by atoms with Gasteiger partial charge in [-0.2, -0.15) is 0 Å². The van der Waals surface area contributed by atoms with Gasteiger partial charge in [0.25, 0.3) is 11.8 Å². The average molecular weight is 728 g/mol. The molecule has 282 valence electrons. The summed E-state index contributed by atoms with van der Waals surface area (Å²) in [7, 11) is 3.06. The molecule has 6 rings (SSSR count). The first-order chi connectivity index (χ1) is 25.5. The van der Waals surface area contributed by atoms with Gasteiger partial charge >= 0.3 is 0 Å². The number of carbonyl (C=O) groups is 4. The number of anilines is 1. The van der Waals surface area contributed by atoms with Crippen molar-refractivity contribution in [3.05, 3.63) is 59.7 Å². The summed E-state index contributed by atoms with van der Waals surface area (Å²) in [6.45, 7) is 13.8. The molecule has 4 heterocycles. The maximum atomic E-state index is 13.8. The molecule has 0 saturated carbocycles. The first kappa shape index (κ1) is 37.4. The van der Waals surface area contributed by atoms with Crippen molar-refractivity contribution in [3.63, 3.8) is 0 Å². The standard InChI is InChI=1S/C40H49N5O8/c1-24(2)12-37(46)42-20-38(47)45-23-28-14-26(4)22-44(28)40(49)30-16-34(51-6)36(18-32(30)45)53-11-9-7-8-10-52-35-17-31-29(15-33(35)50-5)39(48)43-21-25(3)13-27(43)19-41-31/h15-19,24,27-28H,3-4,7-14,20-23H2,1-2,5-6H3,(H,42,46)/t27-,28-/m0/s1.